The highest BCUT2D eigenvalue weighted by Crippen LogP contribution is 2.29. The number of thiocarbonyl (C=S) groups is 2. The van der Waals surface area contributed by atoms with E-state index in [0.717, 1.165) is 42.1 Å². The normalized spacial score (nSPS) is 15.8. The summed E-state index contributed by atoms with van der Waals surface area (Å²) in [6.45, 7) is 0. The summed E-state index contributed by atoms with van der Waals surface area (Å²) in [7, 11) is 0. The standard InChI is InChI=1S/C10H6FNO2S2.C7H5FO2.C3H3NOS2/c11-6-1-2-7(13)5(3-6)4-8-9(14)12-10(15)16-8;8-6-1-2-7(10)5(3-6)4-9;5-2-1-7-3(6)4-2/h1-4,13H,(H,12,14,15);1-4,10H;1H2,(H,4,5,6)/b8-4-;;. The van der Waals surface area contributed by atoms with Crippen LogP contribution in [0.15, 0.2) is 41.3 Å². The van der Waals surface area contributed by atoms with E-state index in [-0.39, 0.29) is 34.4 Å². The zero-order valence-corrected chi connectivity index (χ0v) is 19.6. The van der Waals surface area contributed by atoms with Crippen molar-refractivity contribution < 1.29 is 33.4 Å². The van der Waals surface area contributed by atoms with Crippen LogP contribution >= 0.6 is 48.0 Å². The van der Waals surface area contributed by atoms with Gasteiger partial charge in [0.2, 0.25) is 5.91 Å². The molecule has 0 spiro atoms. The molecule has 172 valence electrons. The first kappa shape index (κ1) is 26.4. The van der Waals surface area contributed by atoms with Gasteiger partial charge in [-0.2, -0.15) is 0 Å². The van der Waals surface area contributed by atoms with Crippen LogP contribution in [0.5, 0.6) is 11.5 Å². The van der Waals surface area contributed by atoms with Gasteiger partial charge in [-0.3, -0.25) is 14.4 Å². The third kappa shape index (κ3) is 8.53. The summed E-state index contributed by atoms with van der Waals surface area (Å²) in [4.78, 5) is 31.9. The van der Waals surface area contributed by atoms with Crippen LogP contribution in [0.25, 0.3) is 6.08 Å². The molecular weight excluding hydrogens is 514 g/mol. The molecule has 0 atom stereocenters. The van der Waals surface area contributed by atoms with E-state index in [2.05, 4.69) is 22.9 Å². The van der Waals surface area contributed by atoms with Gasteiger partial charge in [0.1, 0.15) is 31.8 Å². The van der Waals surface area contributed by atoms with Crippen molar-refractivity contribution in [3.63, 3.8) is 0 Å². The number of thioether (sulfide) groups is 2. The molecule has 0 bridgehead atoms. The predicted octanol–water partition coefficient (Wildman–Crippen LogP) is 3.50. The second kappa shape index (κ2) is 12.4. The number of phenolic OH excluding ortho intramolecular Hbond substituents is 2. The highest BCUT2D eigenvalue weighted by Gasteiger charge is 2.22. The minimum atomic E-state index is -0.528. The molecule has 2 aromatic carbocycles. The number of aromatic hydroxyl groups is 2. The Bertz CT molecular complexity index is 1140. The summed E-state index contributed by atoms with van der Waals surface area (Å²) in [5.74, 6) is -1.10. The van der Waals surface area contributed by atoms with Crippen molar-refractivity contribution in [3.05, 3.63) is 64.1 Å². The summed E-state index contributed by atoms with van der Waals surface area (Å²) < 4.78 is 26.1. The largest absolute Gasteiger partial charge is 0.507 e. The summed E-state index contributed by atoms with van der Waals surface area (Å²) in [5, 5.41) is 23.2. The molecule has 4 rings (SSSR count). The smallest absolute Gasteiger partial charge is 0.263 e. The van der Waals surface area contributed by atoms with Crippen molar-refractivity contribution >= 4 is 80.8 Å². The van der Waals surface area contributed by atoms with Gasteiger partial charge in [0.05, 0.1) is 16.2 Å². The van der Waals surface area contributed by atoms with Crippen LogP contribution < -0.4 is 10.6 Å². The number of rotatable bonds is 2. The van der Waals surface area contributed by atoms with Gasteiger partial charge in [0, 0.05) is 5.56 Å². The number of aldehydes is 1. The van der Waals surface area contributed by atoms with Crippen LogP contribution in [-0.2, 0) is 9.59 Å². The molecule has 0 saturated carbocycles. The molecule has 0 unspecified atom stereocenters. The predicted molar refractivity (Wildman–Crippen MR) is 131 cm³/mol. The SMILES string of the molecule is O=C1CSC(=S)N1.O=C1NC(=S)S/C1=C\c1cc(F)ccc1O.O=Cc1cc(F)ccc1O. The van der Waals surface area contributed by atoms with Crippen LogP contribution in [-0.4, -0.2) is 42.7 Å². The maximum absolute atomic E-state index is 12.9. The first-order chi connectivity index (χ1) is 15.6. The first-order valence-electron chi connectivity index (χ1n) is 8.72. The lowest BCUT2D eigenvalue weighted by Gasteiger charge is -1.99. The lowest BCUT2D eigenvalue weighted by Crippen LogP contribution is -2.18. The van der Waals surface area contributed by atoms with Crippen LogP contribution in [0, 0.1) is 11.6 Å². The van der Waals surface area contributed by atoms with Crippen molar-refractivity contribution in [2.75, 3.05) is 5.75 Å². The minimum absolute atomic E-state index is 0.0231. The molecule has 7 nitrogen and oxygen atoms in total. The Balaban J connectivity index is 0.000000193. The summed E-state index contributed by atoms with van der Waals surface area (Å²) in [6, 6.07) is 6.72. The number of hydrogen-bond acceptors (Lipinski definition) is 9. The van der Waals surface area contributed by atoms with Crippen molar-refractivity contribution in [2.45, 2.75) is 0 Å². The second-order valence-electron chi connectivity index (χ2n) is 6.00. The van der Waals surface area contributed by atoms with E-state index in [1.54, 1.807) is 0 Å². The molecule has 0 aliphatic carbocycles. The Morgan fingerprint density at radius 3 is 1.88 bits per heavy atom. The van der Waals surface area contributed by atoms with Crippen molar-refractivity contribution in [1.29, 1.82) is 0 Å². The van der Waals surface area contributed by atoms with Crippen LogP contribution in [0.1, 0.15) is 15.9 Å². The average molecular weight is 529 g/mol. The maximum Gasteiger partial charge on any atom is 0.263 e. The van der Waals surface area contributed by atoms with Crippen LogP contribution in [0.3, 0.4) is 0 Å². The molecule has 4 N–H and O–H groups in total. The lowest BCUT2D eigenvalue weighted by molar-refractivity contribution is -0.117. The Labute approximate surface area is 205 Å². The van der Waals surface area contributed by atoms with E-state index in [1.165, 1.54) is 23.9 Å². The Morgan fingerprint density at radius 2 is 1.48 bits per heavy atom. The van der Waals surface area contributed by atoms with Crippen LogP contribution in [0.4, 0.5) is 8.78 Å². The van der Waals surface area contributed by atoms with Gasteiger partial charge >= 0.3 is 0 Å². The number of phenols is 2. The number of halogens is 2. The molecule has 33 heavy (non-hydrogen) atoms. The number of carbonyl (C=O) groups is 3. The monoisotopic (exact) mass is 528 g/mol. The molecule has 2 fully saturated rings. The minimum Gasteiger partial charge on any atom is -0.507 e. The fraction of sp³-hybridized carbons (Fsp3) is 0.0500. The third-order valence-corrected chi connectivity index (χ3v) is 6.00. The Kier molecular flexibility index (Phi) is 9.91. The Hall–Kier alpha value is -2.87. The van der Waals surface area contributed by atoms with Gasteiger partial charge in [-0.05, 0) is 42.5 Å². The first-order valence-corrected chi connectivity index (χ1v) is 11.3. The fourth-order valence-corrected chi connectivity index (χ4v) is 3.99. The molecule has 0 radical (unpaired) electrons. The third-order valence-electron chi connectivity index (χ3n) is 3.61. The lowest BCUT2D eigenvalue weighted by atomic mass is 10.2. The Morgan fingerprint density at radius 1 is 0.909 bits per heavy atom. The molecule has 2 amide bonds. The molecular formula is C20H14F2N2O5S4. The van der Waals surface area contributed by atoms with E-state index in [0.29, 0.717) is 25.6 Å². The molecule has 2 heterocycles. The van der Waals surface area contributed by atoms with Crippen LogP contribution in [0.2, 0.25) is 0 Å². The fourth-order valence-electron chi connectivity index (χ4n) is 2.14. The average Bonchev–Trinajstić information content (AvgIpc) is 3.30. The maximum atomic E-state index is 12.9. The van der Waals surface area contributed by atoms with Gasteiger partial charge in [0.25, 0.3) is 5.91 Å². The van der Waals surface area contributed by atoms with Gasteiger partial charge in [-0.15, -0.1) is 0 Å². The van der Waals surface area contributed by atoms with E-state index in [1.807, 2.05) is 0 Å². The van der Waals surface area contributed by atoms with Crippen molar-refractivity contribution in [2.24, 2.45) is 0 Å². The van der Waals surface area contributed by atoms with Gasteiger partial charge < -0.3 is 20.8 Å². The number of carbonyl (C=O) groups excluding carboxylic acids is 3. The number of benzene rings is 2. The van der Waals surface area contributed by atoms with E-state index in [9.17, 15) is 28.3 Å². The number of nitrogens with one attached hydrogen (secondary N) is 2. The zero-order chi connectivity index (χ0) is 24.5. The molecule has 2 aromatic rings. The number of hydrogen-bond donors (Lipinski definition) is 4. The summed E-state index contributed by atoms with van der Waals surface area (Å²) >= 11 is 11.9. The highest BCUT2D eigenvalue weighted by molar-refractivity contribution is 8.26. The zero-order valence-electron chi connectivity index (χ0n) is 16.3. The summed E-state index contributed by atoms with van der Waals surface area (Å²) in [5.41, 5.74) is 0.224. The van der Waals surface area contributed by atoms with E-state index in [4.69, 9.17) is 17.3 Å². The highest BCUT2D eigenvalue weighted by atomic mass is 32.2. The molecule has 0 aromatic heterocycles. The quantitative estimate of drug-likeness (QED) is 0.264. The van der Waals surface area contributed by atoms with Gasteiger partial charge in [-0.25, -0.2) is 8.78 Å². The molecule has 2 aliphatic rings. The van der Waals surface area contributed by atoms with Gasteiger partial charge in [0.15, 0.2) is 6.29 Å². The number of amides is 2. The van der Waals surface area contributed by atoms with Gasteiger partial charge in [-0.1, -0.05) is 48.0 Å². The second-order valence-corrected chi connectivity index (χ2v) is 9.37. The molecule has 2 aliphatic heterocycles. The molecule has 13 heteroatoms. The van der Waals surface area contributed by atoms with Crippen molar-refractivity contribution in [1.82, 2.24) is 10.6 Å². The van der Waals surface area contributed by atoms with E-state index >= 15 is 0 Å². The molecule has 2 saturated heterocycles. The topological polar surface area (TPSA) is 116 Å². The summed E-state index contributed by atoms with van der Waals surface area (Å²) in [6.07, 6.45) is 1.80. The van der Waals surface area contributed by atoms with E-state index < -0.39 is 11.6 Å². The van der Waals surface area contributed by atoms with Crippen molar-refractivity contribution in [3.8, 4) is 11.5 Å².